The quantitative estimate of drug-likeness (QED) is 0.775. The average Bonchev–Trinajstić information content (AvgIpc) is 3.23. The summed E-state index contributed by atoms with van der Waals surface area (Å²) in [4.78, 5) is 14.4. The lowest BCUT2D eigenvalue weighted by molar-refractivity contribution is -0.150. The number of carbonyl (C=O) groups excluding carboxylic acids is 1. The average molecular weight is 276 g/mol. The van der Waals surface area contributed by atoms with Gasteiger partial charge in [0.1, 0.15) is 5.54 Å². The fraction of sp³-hybridized carbons (Fsp3) is 0.562. The number of rotatable bonds is 7. The second-order valence-corrected chi connectivity index (χ2v) is 5.66. The van der Waals surface area contributed by atoms with Gasteiger partial charge in [-0.05, 0) is 38.8 Å². The summed E-state index contributed by atoms with van der Waals surface area (Å²) >= 11 is 0. The van der Waals surface area contributed by atoms with Gasteiger partial charge in [-0.2, -0.15) is 0 Å². The number of anilines is 1. The number of carbonyl (C=O) groups is 1. The minimum atomic E-state index is -0.665. The molecule has 1 aromatic rings. The van der Waals surface area contributed by atoms with E-state index < -0.39 is 5.54 Å². The van der Waals surface area contributed by atoms with Gasteiger partial charge < -0.3 is 9.64 Å². The monoisotopic (exact) mass is 276 g/mol. The molecule has 0 amide bonds. The molecular weight excluding hydrogens is 252 g/mol. The Bertz CT molecular complexity index is 445. The molecule has 1 aromatic carbocycles. The van der Waals surface area contributed by atoms with Gasteiger partial charge in [0.15, 0.2) is 0 Å². The van der Waals surface area contributed by atoms with Crippen LogP contribution < -0.4 is 10.2 Å². The third-order valence-corrected chi connectivity index (χ3v) is 3.58. The second-order valence-electron chi connectivity index (χ2n) is 5.66. The molecule has 0 spiro atoms. The third-order valence-electron chi connectivity index (χ3n) is 3.58. The lowest BCUT2D eigenvalue weighted by Gasteiger charge is -2.33. The molecule has 0 heterocycles. The van der Waals surface area contributed by atoms with Crippen LogP contribution in [0.25, 0.3) is 0 Å². The largest absolute Gasteiger partial charge is 0.465 e. The topological polar surface area (TPSA) is 41.6 Å². The SMILES string of the molecule is CCOC(=O)C(C)(CN(C)c1ccccc1)NC1CC1. The number of likely N-dealkylation sites (N-methyl/N-ethyl adjacent to an activating group) is 1. The van der Waals surface area contributed by atoms with Crippen LogP contribution in [0.5, 0.6) is 0 Å². The molecule has 0 aromatic heterocycles. The van der Waals surface area contributed by atoms with Crippen LogP contribution in [-0.4, -0.2) is 37.7 Å². The maximum atomic E-state index is 12.3. The van der Waals surface area contributed by atoms with Gasteiger partial charge in [0.25, 0.3) is 0 Å². The molecule has 1 saturated carbocycles. The number of para-hydroxylation sites is 1. The molecule has 2 rings (SSSR count). The van der Waals surface area contributed by atoms with E-state index in [2.05, 4.69) is 10.2 Å². The van der Waals surface area contributed by atoms with Crippen LogP contribution in [0.4, 0.5) is 5.69 Å². The number of esters is 1. The summed E-state index contributed by atoms with van der Waals surface area (Å²) in [6, 6.07) is 10.5. The van der Waals surface area contributed by atoms with E-state index in [0.29, 0.717) is 19.2 Å². The summed E-state index contributed by atoms with van der Waals surface area (Å²) in [6.07, 6.45) is 2.29. The van der Waals surface area contributed by atoms with E-state index in [9.17, 15) is 4.79 Å². The maximum absolute atomic E-state index is 12.3. The minimum absolute atomic E-state index is 0.172. The zero-order valence-electron chi connectivity index (χ0n) is 12.6. The van der Waals surface area contributed by atoms with Crippen LogP contribution in [0, 0.1) is 0 Å². The van der Waals surface area contributed by atoms with E-state index in [-0.39, 0.29) is 5.97 Å². The first-order valence-electron chi connectivity index (χ1n) is 7.26. The summed E-state index contributed by atoms with van der Waals surface area (Å²) < 4.78 is 5.24. The number of hydrogen-bond acceptors (Lipinski definition) is 4. The highest BCUT2D eigenvalue weighted by molar-refractivity contribution is 5.81. The maximum Gasteiger partial charge on any atom is 0.327 e. The van der Waals surface area contributed by atoms with Crippen molar-refractivity contribution in [2.24, 2.45) is 0 Å². The standard InChI is InChI=1S/C16H24N2O2/c1-4-20-15(19)16(2,17-13-10-11-13)12-18(3)14-8-6-5-7-9-14/h5-9,13,17H,4,10-12H2,1-3H3. The third kappa shape index (κ3) is 3.73. The molecule has 110 valence electrons. The Morgan fingerprint density at radius 3 is 2.60 bits per heavy atom. The summed E-state index contributed by atoms with van der Waals surface area (Å²) in [5.74, 6) is -0.172. The van der Waals surface area contributed by atoms with Crippen molar-refractivity contribution >= 4 is 11.7 Å². The normalized spacial score (nSPS) is 17.4. The van der Waals surface area contributed by atoms with Crippen LogP contribution in [0.15, 0.2) is 30.3 Å². The number of hydrogen-bond donors (Lipinski definition) is 1. The molecule has 0 radical (unpaired) electrons. The van der Waals surface area contributed by atoms with Crippen LogP contribution >= 0.6 is 0 Å². The van der Waals surface area contributed by atoms with E-state index in [1.807, 2.05) is 51.2 Å². The number of nitrogens with one attached hydrogen (secondary N) is 1. The molecule has 1 N–H and O–H groups in total. The fourth-order valence-electron chi connectivity index (χ4n) is 2.39. The van der Waals surface area contributed by atoms with Gasteiger partial charge in [-0.25, -0.2) is 4.79 Å². The van der Waals surface area contributed by atoms with E-state index in [1.165, 1.54) is 0 Å². The Labute approximate surface area is 121 Å². The van der Waals surface area contributed by atoms with Crippen molar-refractivity contribution in [2.45, 2.75) is 38.3 Å². The molecule has 4 heteroatoms. The van der Waals surface area contributed by atoms with Crippen LogP contribution in [-0.2, 0) is 9.53 Å². The predicted octanol–water partition coefficient (Wildman–Crippen LogP) is 2.20. The van der Waals surface area contributed by atoms with Gasteiger partial charge in [0.05, 0.1) is 6.61 Å². The van der Waals surface area contributed by atoms with Crippen LogP contribution in [0.1, 0.15) is 26.7 Å². The van der Waals surface area contributed by atoms with Crippen molar-refractivity contribution in [3.05, 3.63) is 30.3 Å². The van der Waals surface area contributed by atoms with Crippen molar-refractivity contribution < 1.29 is 9.53 Å². The molecule has 1 aliphatic rings. The molecule has 1 unspecified atom stereocenters. The number of benzene rings is 1. The zero-order chi connectivity index (χ0) is 14.6. The van der Waals surface area contributed by atoms with Gasteiger partial charge in [-0.15, -0.1) is 0 Å². The Morgan fingerprint density at radius 1 is 1.40 bits per heavy atom. The highest BCUT2D eigenvalue weighted by Crippen LogP contribution is 2.24. The number of nitrogens with zero attached hydrogens (tertiary/aromatic N) is 1. The van der Waals surface area contributed by atoms with Crippen molar-refractivity contribution in [1.82, 2.24) is 5.32 Å². The van der Waals surface area contributed by atoms with E-state index in [1.54, 1.807) is 0 Å². The highest BCUT2D eigenvalue weighted by Gasteiger charge is 2.40. The smallest absolute Gasteiger partial charge is 0.327 e. The summed E-state index contributed by atoms with van der Waals surface area (Å²) in [5, 5.41) is 3.44. The summed E-state index contributed by atoms with van der Waals surface area (Å²) in [7, 11) is 2.00. The summed E-state index contributed by atoms with van der Waals surface area (Å²) in [5.41, 5.74) is 0.433. The van der Waals surface area contributed by atoms with Gasteiger partial charge in [-0.3, -0.25) is 5.32 Å². The van der Waals surface area contributed by atoms with Gasteiger partial charge in [0, 0.05) is 25.3 Å². The lowest BCUT2D eigenvalue weighted by atomic mass is 10.0. The molecule has 1 atom stereocenters. The van der Waals surface area contributed by atoms with E-state index in [4.69, 9.17) is 4.74 Å². The molecule has 0 aliphatic heterocycles. The predicted molar refractivity (Wildman–Crippen MR) is 80.9 cm³/mol. The zero-order valence-corrected chi connectivity index (χ0v) is 12.6. The minimum Gasteiger partial charge on any atom is -0.465 e. The van der Waals surface area contributed by atoms with Crippen LogP contribution in [0.2, 0.25) is 0 Å². The van der Waals surface area contributed by atoms with Crippen molar-refractivity contribution in [3.63, 3.8) is 0 Å². The molecule has 4 nitrogen and oxygen atoms in total. The first-order valence-corrected chi connectivity index (χ1v) is 7.26. The summed E-state index contributed by atoms with van der Waals surface area (Å²) in [6.45, 7) is 4.78. The molecule has 1 fully saturated rings. The number of ether oxygens (including phenoxy) is 1. The molecule has 0 saturated heterocycles. The Balaban J connectivity index is 2.08. The lowest BCUT2D eigenvalue weighted by Crippen LogP contribution is -2.58. The van der Waals surface area contributed by atoms with Gasteiger partial charge >= 0.3 is 5.97 Å². The van der Waals surface area contributed by atoms with Gasteiger partial charge in [0.2, 0.25) is 0 Å². The van der Waals surface area contributed by atoms with Crippen molar-refractivity contribution in [3.8, 4) is 0 Å². The first-order chi connectivity index (χ1) is 9.55. The molecule has 1 aliphatic carbocycles. The molecule has 0 bridgehead atoms. The Hall–Kier alpha value is -1.55. The Kier molecular flexibility index (Phi) is 4.65. The van der Waals surface area contributed by atoms with Crippen molar-refractivity contribution in [1.29, 1.82) is 0 Å². The fourth-order valence-corrected chi connectivity index (χ4v) is 2.39. The Morgan fingerprint density at radius 2 is 2.05 bits per heavy atom. The molecular formula is C16H24N2O2. The molecule has 20 heavy (non-hydrogen) atoms. The van der Waals surface area contributed by atoms with Gasteiger partial charge in [-0.1, -0.05) is 18.2 Å². The van der Waals surface area contributed by atoms with Crippen LogP contribution in [0.3, 0.4) is 0 Å². The van der Waals surface area contributed by atoms with E-state index >= 15 is 0 Å². The highest BCUT2D eigenvalue weighted by atomic mass is 16.5. The second kappa shape index (κ2) is 6.27. The van der Waals surface area contributed by atoms with E-state index in [0.717, 1.165) is 18.5 Å². The van der Waals surface area contributed by atoms with Crippen molar-refractivity contribution in [2.75, 3.05) is 25.1 Å². The first kappa shape index (κ1) is 14.9.